The summed E-state index contributed by atoms with van der Waals surface area (Å²) in [5.41, 5.74) is 1.23. The minimum Gasteiger partial charge on any atom is -0.486 e. The van der Waals surface area contributed by atoms with Crippen molar-refractivity contribution in [2.45, 2.75) is 38.6 Å². The fourth-order valence-electron chi connectivity index (χ4n) is 2.96. The van der Waals surface area contributed by atoms with E-state index in [-0.39, 0.29) is 23.9 Å². The number of Topliss-reactive ketones (excluding diaryl/α,β-unsaturated/α-hetero) is 1. The van der Waals surface area contributed by atoms with Crippen molar-refractivity contribution in [2.75, 3.05) is 12.4 Å². The van der Waals surface area contributed by atoms with Crippen LogP contribution in [0.1, 0.15) is 35.6 Å². The van der Waals surface area contributed by atoms with Gasteiger partial charge in [-0.3, -0.25) is 4.79 Å². The quantitative estimate of drug-likeness (QED) is 0.330. The van der Waals surface area contributed by atoms with Gasteiger partial charge in [-0.25, -0.2) is 4.79 Å². The van der Waals surface area contributed by atoms with Crippen molar-refractivity contribution in [1.29, 1.82) is 0 Å². The molecule has 162 valence electrons. The van der Waals surface area contributed by atoms with Gasteiger partial charge in [0, 0.05) is 13.0 Å². The number of nitrogens with zero attached hydrogens (tertiary/aromatic N) is 3. The van der Waals surface area contributed by atoms with Crippen molar-refractivity contribution in [1.82, 2.24) is 14.8 Å². The minimum absolute atomic E-state index is 0.0405. The summed E-state index contributed by atoms with van der Waals surface area (Å²) in [5, 5.41) is 9.12. The molecule has 0 N–H and O–H groups in total. The van der Waals surface area contributed by atoms with Crippen molar-refractivity contribution in [2.24, 2.45) is 0 Å². The van der Waals surface area contributed by atoms with E-state index in [0.29, 0.717) is 36.3 Å². The Morgan fingerprint density at radius 3 is 2.58 bits per heavy atom. The molecular weight excluding hydrogens is 414 g/mol. The van der Waals surface area contributed by atoms with Crippen LogP contribution in [-0.2, 0) is 29.1 Å². The van der Waals surface area contributed by atoms with Crippen LogP contribution in [0.15, 0.2) is 59.8 Å². The van der Waals surface area contributed by atoms with Crippen molar-refractivity contribution in [3.05, 3.63) is 71.5 Å². The number of para-hydroxylation sites is 1. The minimum atomic E-state index is -0.382. The molecule has 1 heterocycles. The lowest BCUT2D eigenvalue weighted by atomic mass is 10.1. The Morgan fingerprint density at radius 1 is 1.03 bits per heavy atom. The lowest BCUT2D eigenvalue weighted by molar-refractivity contribution is -0.116. The highest BCUT2D eigenvalue weighted by Gasteiger charge is 2.15. The highest BCUT2D eigenvalue weighted by Crippen LogP contribution is 2.19. The number of carbonyl (C=O) groups excluding carboxylic acids is 2. The number of benzene rings is 2. The van der Waals surface area contributed by atoms with E-state index in [1.54, 1.807) is 25.1 Å². The largest absolute Gasteiger partial charge is 0.486 e. The Hall–Kier alpha value is -3.13. The Balaban J connectivity index is 1.56. The van der Waals surface area contributed by atoms with Gasteiger partial charge in [-0.2, -0.15) is 0 Å². The van der Waals surface area contributed by atoms with Gasteiger partial charge in [0.2, 0.25) is 0 Å². The summed E-state index contributed by atoms with van der Waals surface area (Å²) in [6.45, 7) is 5.06. The lowest BCUT2D eigenvalue weighted by Crippen LogP contribution is -2.10. The van der Waals surface area contributed by atoms with Crippen LogP contribution in [0.4, 0.5) is 0 Å². The number of rotatable bonds is 11. The number of carbonyl (C=O) groups is 2. The van der Waals surface area contributed by atoms with Crippen LogP contribution in [-0.4, -0.2) is 38.9 Å². The predicted octanol–water partition coefficient (Wildman–Crippen LogP) is 3.96. The zero-order valence-corrected chi connectivity index (χ0v) is 18.4. The van der Waals surface area contributed by atoms with Crippen LogP contribution in [0.3, 0.4) is 0 Å². The number of ether oxygens (including phenoxy) is 2. The number of esters is 1. The van der Waals surface area contributed by atoms with Gasteiger partial charge in [-0.1, -0.05) is 42.1 Å². The number of ketones is 1. The highest BCUT2D eigenvalue weighted by molar-refractivity contribution is 7.99. The third-order valence-corrected chi connectivity index (χ3v) is 5.45. The molecule has 0 atom stereocenters. The molecule has 0 aliphatic carbocycles. The molecule has 0 unspecified atom stereocenters. The van der Waals surface area contributed by atoms with Crippen molar-refractivity contribution in [3.63, 3.8) is 0 Å². The van der Waals surface area contributed by atoms with Gasteiger partial charge in [0.05, 0.1) is 17.9 Å². The fourth-order valence-corrected chi connectivity index (χ4v) is 3.84. The van der Waals surface area contributed by atoms with Crippen LogP contribution in [0.25, 0.3) is 0 Å². The Morgan fingerprint density at radius 2 is 1.84 bits per heavy atom. The third-order valence-electron chi connectivity index (χ3n) is 4.42. The van der Waals surface area contributed by atoms with Crippen LogP contribution < -0.4 is 4.74 Å². The number of aromatic nitrogens is 3. The van der Waals surface area contributed by atoms with Crippen LogP contribution in [0.5, 0.6) is 5.75 Å². The Labute approximate surface area is 185 Å². The lowest BCUT2D eigenvalue weighted by Gasteiger charge is -2.09. The van der Waals surface area contributed by atoms with Gasteiger partial charge in [-0.15, -0.1) is 10.2 Å². The first-order chi connectivity index (χ1) is 15.1. The maximum absolute atomic E-state index is 12.5. The van der Waals surface area contributed by atoms with Gasteiger partial charge < -0.3 is 14.0 Å². The molecule has 7 nitrogen and oxygen atoms in total. The van der Waals surface area contributed by atoms with Crippen molar-refractivity contribution < 1.29 is 19.1 Å². The molecule has 0 radical (unpaired) electrons. The van der Waals surface area contributed by atoms with Gasteiger partial charge in [-0.05, 0) is 43.7 Å². The monoisotopic (exact) mass is 439 g/mol. The van der Waals surface area contributed by atoms with E-state index in [1.807, 2.05) is 47.9 Å². The molecule has 0 aliphatic heterocycles. The molecule has 8 heteroatoms. The van der Waals surface area contributed by atoms with Gasteiger partial charge >= 0.3 is 5.97 Å². The summed E-state index contributed by atoms with van der Waals surface area (Å²) in [7, 11) is 0. The molecule has 0 fully saturated rings. The molecule has 0 saturated heterocycles. The molecule has 0 aliphatic rings. The van der Waals surface area contributed by atoms with Crippen LogP contribution in [0.2, 0.25) is 0 Å². The molecule has 2 aromatic carbocycles. The molecule has 1 aromatic heterocycles. The summed E-state index contributed by atoms with van der Waals surface area (Å²) in [4.78, 5) is 24.4. The zero-order valence-electron chi connectivity index (χ0n) is 17.6. The van der Waals surface area contributed by atoms with E-state index in [2.05, 4.69) is 10.2 Å². The summed E-state index contributed by atoms with van der Waals surface area (Å²) in [6, 6.07) is 16.5. The number of thioether (sulfide) groups is 1. The SMILES string of the molecule is CCOC(=O)c1cccc(CC(=O)CSc2nnc(COc3ccccc3)n2CC)c1. The smallest absolute Gasteiger partial charge is 0.338 e. The normalized spacial score (nSPS) is 10.6. The van der Waals surface area contributed by atoms with E-state index in [9.17, 15) is 9.59 Å². The molecule has 0 amide bonds. The second kappa shape index (κ2) is 11.3. The standard InChI is InChI=1S/C23H25N3O4S/c1-3-26-21(15-30-20-11-6-5-7-12-20)24-25-23(26)31-16-19(27)14-17-9-8-10-18(13-17)22(28)29-4-2/h5-13H,3-4,14-16H2,1-2H3. The highest BCUT2D eigenvalue weighted by atomic mass is 32.2. The third kappa shape index (κ3) is 6.42. The van der Waals surface area contributed by atoms with Gasteiger partial charge in [0.25, 0.3) is 0 Å². The molecule has 3 rings (SSSR count). The molecule has 0 bridgehead atoms. The second-order valence-electron chi connectivity index (χ2n) is 6.67. The van der Waals surface area contributed by atoms with Crippen molar-refractivity contribution >= 4 is 23.5 Å². The summed E-state index contributed by atoms with van der Waals surface area (Å²) in [6.07, 6.45) is 0.241. The molecule has 0 spiro atoms. The average Bonchev–Trinajstić information content (AvgIpc) is 3.19. The number of hydrogen-bond acceptors (Lipinski definition) is 7. The van der Waals surface area contributed by atoms with E-state index in [4.69, 9.17) is 9.47 Å². The van der Waals surface area contributed by atoms with E-state index >= 15 is 0 Å². The maximum atomic E-state index is 12.5. The first kappa shape index (κ1) is 22.6. The van der Waals surface area contributed by atoms with E-state index in [0.717, 1.165) is 11.3 Å². The summed E-state index contributed by atoms with van der Waals surface area (Å²) >= 11 is 1.35. The molecule has 31 heavy (non-hydrogen) atoms. The summed E-state index contributed by atoms with van der Waals surface area (Å²) in [5.74, 6) is 1.40. The van der Waals surface area contributed by atoms with Crippen molar-refractivity contribution in [3.8, 4) is 5.75 Å². The molecule has 3 aromatic rings. The average molecular weight is 440 g/mol. The fraction of sp³-hybridized carbons (Fsp3) is 0.304. The Kier molecular flexibility index (Phi) is 8.23. The van der Waals surface area contributed by atoms with E-state index < -0.39 is 0 Å². The first-order valence-electron chi connectivity index (χ1n) is 10.1. The topological polar surface area (TPSA) is 83.3 Å². The second-order valence-corrected chi connectivity index (χ2v) is 7.61. The molecular formula is C23H25N3O4S. The van der Waals surface area contributed by atoms with Crippen LogP contribution >= 0.6 is 11.8 Å². The predicted molar refractivity (Wildman–Crippen MR) is 118 cm³/mol. The maximum Gasteiger partial charge on any atom is 0.338 e. The van der Waals surface area contributed by atoms with Gasteiger partial charge in [0.15, 0.2) is 11.0 Å². The molecule has 0 saturated carbocycles. The summed E-state index contributed by atoms with van der Waals surface area (Å²) < 4.78 is 12.7. The van der Waals surface area contributed by atoms with Crippen LogP contribution in [0, 0.1) is 0 Å². The van der Waals surface area contributed by atoms with E-state index in [1.165, 1.54) is 11.8 Å². The zero-order chi connectivity index (χ0) is 22.1. The number of hydrogen-bond donors (Lipinski definition) is 0. The van der Waals surface area contributed by atoms with Gasteiger partial charge in [0.1, 0.15) is 18.1 Å². The Bertz CT molecular complexity index is 1020. The first-order valence-corrected chi connectivity index (χ1v) is 11.1.